The molecule has 0 aliphatic rings. The number of carbonyl (C=O) groups is 1. The fraction of sp³-hybridized carbons (Fsp3) is 0.267. The van der Waals surface area contributed by atoms with Gasteiger partial charge in [0.25, 0.3) is 0 Å². The number of rotatable bonds is 3. The van der Waals surface area contributed by atoms with Crippen molar-refractivity contribution in [1.82, 2.24) is 9.97 Å². The zero-order valence-electron chi connectivity index (χ0n) is 11.3. The molecule has 2 aromatic rings. The van der Waals surface area contributed by atoms with Gasteiger partial charge in [0, 0.05) is 17.7 Å². The van der Waals surface area contributed by atoms with Gasteiger partial charge in [0.15, 0.2) is 0 Å². The van der Waals surface area contributed by atoms with Crippen LogP contribution in [0.2, 0.25) is 0 Å². The quantitative estimate of drug-likeness (QED) is 0.792. The molecule has 0 amide bonds. The number of carbonyl (C=O) groups excluding carboxylic acids is 1. The van der Waals surface area contributed by atoms with Gasteiger partial charge < -0.3 is 4.74 Å². The van der Waals surface area contributed by atoms with Crippen LogP contribution in [0.3, 0.4) is 0 Å². The van der Waals surface area contributed by atoms with E-state index in [2.05, 4.69) is 9.97 Å². The first-order valence-electron chi connectivity index (χ1n) is 6.14. The van der Waals surface area contributed by atoms with Crippen LogP contribution in [0.25, 0.3) is 11.3 Å². The molecular weight excluding hydrogens is 240 g/mol. The van der Waals surface area contributed by atoms with Crippen molar-refractivity contribution in [2.45, 2.75) is 19.8 Å². The normalized spacial score (nSPS) is 10.5. The largest absolute Gasteiger partial charge is 0.465 e. The maximum absolute atomic E-state index is 11.8. The van der Waals surface area contributed by atoms with Gasteiger partial charge >= 0.3 is 5.97 Å². The van der Waals surface area contributed by atoms with Crippen LogP contribution in [0.5, 0.6) is 0 Å². The van der Waals surface area contributed by atoms with E-state index in [1.165, 1.54) is 7.11 Å². The number of nitrogens with zero attached hydrogens (tertiary/aromatic N) is 2. The molecule has 4 heteroatoms. The molecule has 0 bridgehead atoms. The Bertz CT molecular complexity index is 594. The minimum Gasteiger partial charge on any atom is -0.465 e. The van der Waals surface area contributed by atoms with E-state index in [1.54, 1.807) is 24.4 Å². The maximum Gasteiger partial charge on any atom is 0.338 e. The highest BCUT2D eigenvalue weighted by Crippen LogP contribution is 2.23. The Morgan fingerprint density at radius 3 is 2.63 bits per heavy atom. The maximum atomic E-state index is 11.8. The lowest BCUT2D eigenvalue weighted by Crippen LogP contribution is -2.05. The number of hydrogen-bond acceptors (Lipinski definition) is 4. The minimum absolute atomic E-state index is 0.241. The average molecular weight is 256 g/mol. The van der Waals surface area contributed by atoms with Gasteiger partial charge in [-0.25, -0.2) is 14.8 Å². The monoisotopic (exact) mass is 256 g/mol. The van der Waals surface area contributed by atoms with Crippen LogP contribution in [0.4, 0.5) is 0 Å². The van der Waals surface area contributed by atoms with Crippen LogP contribution in [-0.4, -0.2) is 23.0 Å². The van der Waals surface area contributed by atoms with Crippen molar-refractivity contribution in [2.75, 3.05) is 7.11 Å². The number of aromatic nitrogens is 2. The Morgan fingerprint density at radius 1 is 1.21 bits per heavy atom. The van der Waals surface area contributed by atoms with Crippen LogP contribution in [0.1, 0.15) is 35.9 Å². The lowest BCUT2D eigenvalue weighted by molar-refractivity contribution is 0.0601. The molecule has 0 unspecified atom stereocenters. The summed E-state index contributed by atoms with van der Waals surface area (Å²) < 4.78 is 4.79. The molecule has 0 aliphatic carbocycles. The molecule has 0 saturated heterocycles. The predicted octanol–water partition coefficient (Wildman–Crippen LogP) is 3.05. The SMILES string of the molecule is COC(=O)c1ccccc1-c1ccnc(C(C)C)n1. The summed E-state index contributed by atoms with van der Waals surface area (Å²) in [6.45, 7) is 4.07. The highest BCUT2D eigenvalue weighted by atomic mass is 16.5. The van der Waals surface area contributed by atoms with Crippen molar-refractivity contribution >= 4 is 5.97 Å². The molecule has 1 aromatic heterocycles. The standard InChI is InChI=1S/C15H16N2O2/c1-10(2)14-16-9-8-13(17-14)11-6-4-5-7-12(11)15(18)19-3/h4-10H,1-3H3. The second-order valence-corrected chi connectivity index (χ2v) is 4.49. The van der Waals surface area contributed by atoms with Crippen molar-refractivity contribution in [3.8, 4) is 11.3 Å². The molecule has 98 valence electrons. The molecule has 0 radical (unpaired) electrons. The number of esters is 1. The number of methoxy groups -OCH3 is 1. The van der Waals surface area contributed by atoms with Crippen LogP contribution in [0.15, 0.2) is 36.5 Å². The van der Waals surface area contributed by atoms with Gasteiger partial charge in [-0.3, -0.25) is 0 Å². The lowest BCUT2D eigenvalue weighted by atomic mass is 10.0. The highest BCUT2D eigenvalue weighted by molar-refractivity contribution is 5.96. The third kappa shape index (κ3) is 2.78. The minimum atomic E-state index is -0.361. The number of ether oxygens (including phenoxy) is 1. The second-order valence-electron chi connectivity index (χ2n) is 4.49. The fourth-order valence-electron chi connectivity index (χ4n) is 1.80. The average Bonchev–Trinajstić information content (AvgIpc) is 2.46. The molecule has 1 heterocycles. The van der Waals surface area contributed by atoms with Crippen molar-refractivity contribution < 1.29 is 9.53 Å². The summed E-state index contributed by atoms with van der Waals surface area (Å²) in [7, 11) is 1.37. The van der Waals surface area contributed by atoms with Gasteiger partial charge in [0.05, 0.1) is 18.4 Å². The molecule has 19 heavy (non-hydrogen) atoms. The van der Waals surface area contributed by atoms with Crippen LogP contribution >= 0.6 is 0 Å². The van der Waals surface area contributed by atoms with E-state index in [-0.39, 0.29) is 11.9 Å². The van der Waals surface area contributed by atoms with E-state index in [1.807, 2.05) is 26.0 Å². The van der Waals surface area contributed by atoms with Gasteiger partial charge in [-0.1, -0.05) is 32.0 Å². The summed E-state index contributed by atoms with van der Waals surface area (Å²) in [6, 6.07) is 9.07. The lowest BCUT2D eigenvalue weighted by Gasteiger charge is -2.09. The van der Waals surface area contributed by atoms with Gasteiger partial charge in [-0.05, 0) is 12.1 Å². The van der Waals surface area contributed by atoms with Gasteiger partial charge in [-0.15, -0.1) is 0 Å². The van der Waals surface area contributed by atoms with Crippen LogP contribution < -0.4 is 0 Å². The number of benzene rings is 1. The Morgan fingerprint density at radius 2 is 1.95 bits per heavy atom. The predicted molar refractivity (Wildman–Crippen MR) is 72.9 cm³/mol. The van der Waals surface area contributed by atoms with E-state index in [4.69, 9.17) is 4.74 Å². The van der Waals surface area contributed by atoms with E-state index in [9.17, 15) is 4.79 Å². The summed E-state index contributed by atoms with van der Waals surface area (Å²) >= 11 is 0. The van der Waals surface area contributed by atoms with E-state index in [0.29, 0.717) is 5.56 Å². The Labute approximate surface area is 112 Å². The first-order valence-corrected chi connectivity index (χ1v) is 6.14. The summed E-state index contributed by atoms with van der Waals surface area (Å²) in [6.07, 6.45) is 1.71. The zero-order valence-corrected chi connectivity index (χ0v) is 11.3. The van der Waals surface area contributed by atoms with Crippen LogP contribution in [0, 0.1) is 0 Å². The molecule has 2 rings (SSSR count). The summed E-state index contributed by atoms with van der Waals surface area (Å²) in [5, 5.41) is 0. The van der Waals surface area contributed by atoms with E-state index < -0.39 is 0 Å². The Kier molecular flexibility index (Phi) is 3.90. The number of hydrogen-bond donors (Lipinski definition) is 0. The smallest absolute Gasteiger partial charge is 0.338 e. The van der Waals surface area contributed by atoms with Crippen molar-refractivity contribution in [3.05, 3.63) is 47.9 Å². The molecular formula is C15H16N2O2. The topological polar surface area (TPSA) is 52.1 Å². The zero-order chi connectivity index (χ0) is 13.8. The second kappa shape index (κ2) is 5.61. The van der Waals surface area contributed by atoms with Gasteiger partial charge in [0.1, 0.15) is 5.82 Å². The first-order chi connectivity index (χ1) is 9.13. The highest BCUT2D eigenvalue weighted by Gasteiger charge is 2.14. The molecule has 0 saturated carbocycles. The van der Waals surface area contributed by atoms with Crippen molar-refractivity contribution in [2.24, 2.45) is 0 Å². The first kappa shape index (κ1) is 13.2. The van der Waals surface area contributed by atoms with E-state index >= 15 is 0 Å². The molecule has 0 spiro atoms. The molecule has 4 nitrogen and oxygen atoms in total. The summed E-state index contributed by atoms with van der Waals surface area (Å²) in [5.74, 6) is 0.641. The molecule has 0 aliphatic heterocycles. The molecule has 1 aromatic carbocycles. The Hall–Kier alpha value is -2.23. The van der Waals surface area contributed by atoms with Crippen molar-refractivity contribution in [1.29, 1.82) is 0 Å². The molecule has 0 atom stereocenters. The molecule has 0 fully saturated rings. The summed E-state index contributed by atoms with van der Waals surface area (Å²) in [5.41, 5.74) is 2.01. The van der Waals surface area contributed by atoms with Gasteiger partial charge in [-0.2, -0.15) is 0 Å². The Balaban J connectivity index is 2.53. The fourth-order valence-corrected chi connectivity index (χ4v) is 1.80. The van der Waals surface area contributed by atoms with E-state index in [0.717, 1.165) is 17.1 Å². The third-order valence-corrected chi connectivity index (χ3v) is 2.80. The van der Waals surface area contributed by atoms with Crippen molar-refractivity contribution in [3.63, 3.8) is 0 Å². The molecule has 0 N–H and O–H groups in total. The van der Waals surface area contributed by atoms with Gasteiger partial charge in [0.2, 0.25) is 0 Å². The third-order valence-electron chi connectivity index (χ3n) is 2.80. The van der Waals surface area contributed by atoms with Crippen LogP contribution in [-0.2, 0) is 4.74 Å². The summed E-state index contributed by atoms with van der Waals surface area (Å²) in [4.78, 5) is 20.5.